The highest BCUT2D eigenvalue weighted by atomic mass is 16.6. The molecule has 4 heteroatoms. The highest BCUT2D eigenvalue weighted by molar-refractivity contribution is 5.39. The lowest BCUT2D eigenvalue weighted by Crippen LogP contribution is -2.38. The van der Waals surface area contributed by atoms with Crippen molar-refractivity contribution >= 4 is 5.69 Å². The Morgan fingerprint density at radius 3 is 2.59 bits per heavy atom. The summed E-state index contributed by atoms with van der Waals surface area (Å²) in [4.78, 5) is 10.5. The van der Waals surface area contributed by atoms with Crippen LogP contribution in [-0.2, 0) is 6.54 Å². The Morgan fingerprint density at radius 2 is 2.00 bits per heavy atom. The van der Waals surface area contributed by atoms with Gasteiger partial charge in [-0.3, -0.25) is 10.1 Å². The van der Waals surface area contributed by atoms with Gasteiger partial charge in [0.2, 0.25) is 0 Å². The van der Waals surface area contributed by atoms with Crippen LogP contribution in [0.25, 0.3) is 0 Å². The van der Waals surface area contributed by atoms with Crippen LogP contribution < -0.4 is 5.32 Å². The van der Waals surface area contributed by atoms with Gasteiger partial charge in [0, 0.05) is 23.7 Å². The highest BCUT2D eigenvalue weighted by Gasteiger charge is 2.18. The Kier molecular flexibility index (Phi) is 4.63. The molecule has 0 amide bonds. The van der Waals surface area contributed by atoms with E-state index in [1.807, 2.05) is 6.07 Å². The minimum atomic E-state index is -0.330. The van der Waals surface area contributed by atoms with Gasteiger partial charge in [-0.2, -0.15) is 0 Å². The van der Waals surface area contributed by atoms with Crippen LogP contribution in [0.3, 0.4) is 0 Å². The molecule has 0 heterocycles. The first-order valence-electron chi connectivity index (χ1n) is 5.93. The molecule has 0 bridgehead atoms. The molecule has 17 heavy (non-hydrogen) atoms. The van der Waals surface area contributed by atoms with Crippen molar-refractivity contribution in [3.63, 3.8) is 0 Å². The quantitative estimate of drug-likeness (QED) is 0.609. The molecule has 0 atom stereocenters. The summed E-state index contributed by atoms with van der Waals surface area (Å²) < 4.78 is 0. The van der Waals surface area contributed by atoms with Crippen molar-refractivity contribution < 1.29 is 4.92 Å². The highest BCUT2D eigenvalue weighted by Crippen LogP contribution is 2.19. The first kappa shape index (κ1) is 13.6. The molecule has 0 saturated carbocycles. The van der Waals surface area contributed by atoms with Crippen LogP contribution in [0.15, 0.2) is 24.3 Å². The number of rotatable bonds is 6. The monoisotopic (exact) mass is 236 g/mol. The molecule has 4 nitrogen and oxygen atoms in total. The lowest BCUT2D eigenvalue weighted by Gasteiger charge is -2.25. The number of nitrogens with zero attached hydrogens (tertiary/aromatic N) is 1. The second-order valence-corrected chi connectivity index (χ2v) is 4.87. The fourth-order valence-corrected chi connectivity index (χ4v) is 1.89. The molecule has 0 radical (unpaired) electrons. The van der Waals surface area contributed by atoms with Gasteiger partial charge in [-0.05, 0) is 20.3 Å². The molecular weight excluding hydrogens is 216 g/mol. The molecule has 0 unspecified atom stereocenters. The van der Waals surface area contributed by atoms with Gasteiger partial charge >= 0.3 is 0 Å². The number of nitro benzene ring substituents is 1. The van der Waals surface area contributed by atoms with E-state index < -0.39 is 0 Å². The number of para-hydroxylation sites is 1. The summed E-state index contributed by atoms with van der Waals surface area (Å²) in [7, 11) is 0. The van der Waals surface area contributed by atoms with Crippen molar-refractivity contribution in [2.75, 3.05) is 0 Å². The third kappa shape index (κ3) is 4.15. The van der Waals surface area contributed by atoms with Crippen LogP contribution in [0.2, 0.25) is 0 Å². The molecule has 0 aliphatic heterocycles. The Bertz CT molecular complexity index is 389. The molecule has 0 aromatic heterocycles. The third-order valence-electron chi connectivity index (χ3n) is 2.82. The van der Waals surface area contributed by atoms with E-state index in [-0.39, 0.29) is 16.1 Å². The predicted octanol–water partition coefficient (Wildman–Crippen LogP) is 3.26. The lowest BCUT2D eigenvalue weighted by molar-refractivity contribution is -0.385. The Morgan fingerprint density at radius 1 is 1.35 bits per heavy atom. The Labute approximate surface area is 102 Å². The smallest absolute Gasteiger partial charge is 0.273 e. The number of hydrogen-bond acceptors (Lipinski definition) is 3. The van der Waals surface area contributed by atoms with Gasteiger partial charge in [0.25, 0.3) is 5.69 Å². The first-order valence-corrected chi connectivity index (χ1v) is 5.93. The predicted molar refractivity (Wildman–Crippen MR) is 68.9 cm³/mol. The second kappa shape index (κ2) is 5.77. The van der Waals surface area contributed by atoms with E-state index >= 15 is 0 Å². The van der Waals surface area contributed by atoms with Crippen LogP contribution in [0.4, 0.5) is 5.69 Å². The summed E-state index contributed by atoms with van der Waals surface area (Å²) in [6, 6.07) is 6.87. The molecule has 0 saturated heterocycles. The molecule has 1 aromatic rings. The number of nitrogens with one attached hydrogen (secondary N) is 1. The summed E-state index contributed by atoms with van der Waals surface area (Å²) in [5, 5.41) is 14.2. The van der Waals surface area contributed by atoms with Crippen molar-refractivity contribution in [3.8, 4) is 0 Å². The van der Waals surface area contributed by atoms with Gasteiger partial charge in [-0.1, -0.05) is 31.5 Å². The summed E-state index contributed by atoms with van der Waals surface area (Å²) in [5.41, 5.74) is 0.937. The van der Waals surface area contributed by atoms with Crippen molar-refractivity contribution in [3.05, 3.63) is 39.9 Å². The number of benzene rings is 1. The van der Waals surface area contributed by atoms with Gasteiger partial charge in [0.15, 0.2) is 0 Å². The number of nitro groups is 1. The van der Waals surface area contributed by atoms with Gasteiger partial charge in [0.1, 0.15) is 0 Å². The van der Waals surface area contributed by atoms with Crippen LogP contribution in [0.5, 0.6) is 0 Å². The topological polar surface area (TPSA) is 55.2 Å². The van der Waals surface area contributed by atoms with Crippen molar-refractivity contribution in [2.45, 2.75) is 45.7 Å². The zero-order chi connectivity index (χ0) is 12.9. The molecule has 1 aromatic carbocycles. The lowest BCUT2D eigenvalue weighted by atomic mass is 9.98. The van der Waals surface area contributed by atoms with Crippen molar-refractivity contribution in [1.82, 2.24) is 5.32 Å². The fourth-order valence-electron chi connectivity index (χ4n) is 1.89. The largest absolute Gasteiger partial charge is 0.307 e. The summed E-state index contributed by atoms with van der Waals surface area (Å²) >= 11 is 0. The van der Waals surface area contributed by atoms with Gasteiger partial charge < -0.3 is 5.32 Å². The SMILES string of the molecule is CCCC(C)(C)NCc1ccccc1[N+](=O)[O-]. The molecular formula is C13H20N2O2. The van der Waals surface area contributed by atoms with E-state index in [0.29, 0.717) is 6.54 Å². The zero-order valence-corrected chi connectivity index (χ0v) is 10.7. The fraction of sp³-hybridized carbons (Fsp3) is 0.538. The zero-order valence-electron chi connectivity index (χ0n) is 10.7. The molecule has 1 rings (SSSR count). The van der Waals surface area contributed by atoms with Crippen molar-refractivity contribution in [2.24, 2.45) is 0 Å². The average Bonchev–Trinajstić information content (AvgIpc) is 2.27. The Balaban J connectivity index is 2.72. The molecule has 0 fully saturated rings. The van der Waals surface area contributed by atoms with Crippen LogP contribution in [-0.4, -0.2) is 10.5 Å². The minimum absolute atomic E-state index is 0.0124. The maximum absolute atomic E-state index is 10.8. The summed E-state index contributed by atoms with van der Waals surface area (Å²) in [6.07, 6.45) is 2.14. The minimum Gasteiger partial charge on any atom is -0.307 e. The molecule has 1 N–H and O–H groups in total. The number of hydrogen-bond donors (Lipinski definition) is 1. The second-order valence-electron chi connectivity index (χ2n) is 4.87. The average molecular weight is 236 g/mol. The van der Waals surface area contributed by atoms with E-state index in [4.69, 9.17) is 0 Å². The summed E-state index contributed by atoms with van der Waals surface area (Å²) in [5.74, 6) is 0. The maximum atomic E-state index is 10.8. The van der Waals surface area contributed by atoms with E-state index in [1.165, 1.54) is 0 Å². The molecule has 0 aliphatic carbocycles. The Hall–Kier alpha value is -1.42. The van der Waals surface area contributed by atoms with Crippen LogP contribution >= 0.6 is 0 Å². The molecule has 0 spiro atoms. The van der Waals surface area contributed by atoms with Gasteiger partial charge in [-0.15, -0.1) is 0 Å². The van der Waals surface area contributed by atoms with E-state index in [0.717, 1.165) is 18.4 Å². The molecule has 0 aliphatic rings. The first-order chi connectivity index (χ1) is 7.96. The van der Waals surface area contributed by atoms with Gasteiger partial charge in [-0.25, -0.2) is 0 Å². The van der Waals surface area contributed by atoms with Crippen LogP contribution in [0.1, 0.15) is 39.2 Å². The molecule has 94 valence electrons. The van der Waals surface area contributed by atoms with E-state index in [9.17, 15) is 10.1 Å². The van der Waals surface area contributed by atoms with Crippen LogP contribution in [0, 0.1) is 10.1 Å². The summed E-state index contributed by atoms with van der Waals surface area (Å²) in [6.45, 7) is 6.90. The van der Waals surface area contributed by atoms with E-state index in [1.54, 1.807) is 18.2 Å². The van der Waals surface area contributed by atoms with Gasteiger partial charge in [0.05, 0.1) is 4.92 Å². The van der Waals surface area contributed by atoms with E-state index in [2.05, 4.69) is 26.1 Å². The normalized spacial score (nSPS) is 11.5. The third-order valence-corrected chi connectivity index (χ3v) is 2.82. The van der Waals surface area contributed by atoms with Crippen molar-refractivity contribution in [1.29, 1.82) is 0 Å². The standard InChI is InChI=1S/C13H20N2O2/c1-4-9-13(2,3)14-10-11-7-5-6-8-12(11)15(16)17/h5-8,14H,4,9-10H2,1-3H3. The maximum Gasteiger partial charge on any atom is 0.273 e.